The fraction of sp³-hybridized carbons (Fsp3) is 0.296. The van der Waals surface area contributed by atoms with Gasteiger partial charge in [0, 0.05) is 37.8 Å². The Labute approximate surface area is 188 Å². The molecule has 1 atom stereocenters. The fourth-order valence-electron chi connectivity index (χ4n) is 4.67. The molecule has 0 N–H and O–H groups in total. The van der Waals surface area contributed by atoms with Crippen molar-refractivity contribution in [3.8, 4) is 22.5 Å². The molecule has 5 rings (SSSR count). The molecular formula is C27H28N4O. The molecule has 1 fully saturated rings. The van der Waals surface area contributed by atoms with Crippen LogP contribution in [-0.2, 0) is 11.3 Å². The Morgan fingerprint density at radius 1 is 1.00 bits per heavy atom. The van der Waals surface area contributed by atoms with Crippen LogP contribution in [-0.4, -0.2) is 38.4 Å². The molecule has 0 radical (unpaired) electrons. The largest absolute Gasteiger partial charge is 0.342 e. The summed E-state index contributed by atoms with van der Waals surface area (Å²) in [7, 11) is 0. The Kier molecular flexibility index (Phi) is 5.71. The van der Waals surface area contributed by atoms with Crippen LogP contribution in [0.1, 0.15) is 26.2 Å². The second-order valence-corrected chi connectivity index (χ2v) is 8.60. The maximum Gasteiger partial charge on any atom is 0.222 e. The summed E-state index contributed by atoms with van der Waals surface area (Å²) in [5.74, 6) is 1.68. The number of likely N-dealkylation sites (tertiary alicyclic amines) is 1. The van der Waals surface area contributed by atoms with E-state index in [1.54, 1.807) is 0 Å². The molecule has 1 saturated heterocycles. The topological polar surface area (TPSA) is 51.0 Å². The summed E-state index contributed by atoms with van der Waals surface area (Å²) in [4.78, 5) is 23.6. The Balaban J connectivity index is 1.44. The highest BCUT2D eigenvalue weighted by Crippen LogP contribution is 2.30. The van der Waals surface area contributed by atoms with E-state index in [1.165, 1.54) is 11.1 Å². The zero-order valence-electron chi connectivity index (χ0n) is 18.4. The number of rotatable bonds is 6. The summed E-state index contributed by atoms with van der Waals surface area (Å²) in [6.45, 7) is 4.60. The third-order valence-corrected chi connectivity index (χ3v) is 6.34. The fourth-order valence-corrected chi connectivity index (χ4v) is 4.67. The van der Waals surface area contributed by atoms with Crippen molar-refractivity contribution in [1.82, 2.24) is 19.4 Å². The van der Waals surface area contributed by atoms with Crippen molar-refractivity contribution in [3.05, 3.63) is 73.1 Å². The van der Waals surface area contributed by atoms with Gasteiger partial charge in [0.05, 0.1) is 11.7 Å². The Morgan fingerprint density at radius 3 is 2.53 bits per heavy atom. The van der Waals surface area contributed by atoms with E-state index in [-0.39, 0.29) is 5.91 Å². The summed E-state index contributed by atoms with van der Waals surface area (Å²) in [6, 6.07) is 21.1. The lowest BCUT2D eigenvalue weighted by atomic mass is 10.0. The van der Waals surface area contributed by atoms with Crippen LogP contribution in [0, 0.1) is 5.92 Å². The zero-order chi connectivity index (χ0) is 21.9. The van der Waals surface area contributed by atoms with Crippen LogP contribution in [0.15, 0.2) is 73.1 Å². The van der Waals surface area contributed by atoms with E-state index in [0.29, 0.717) is 12.3 Å². The van der Waals surface area contributed by atoms with E-state index in [2.05, 4.69) is 65.0 Å². The third kappa shape index (κ3) is 4.03. The van der Waals surface area contributed by atoms with Crippen molar-refractivity contribution in [2.45, 2.75) is 32.7 Å². The van der Waals surface area contributed by atoms with Crippen molar-refractivity contribution in [3.63, 3.8) is 0 Å². The lowest BCUT2D eigenvalue weighted by Gasteiger charge is -2.17. The summed E-state index contributed by atoms with van der Waals surface area (Å²) in [5.41, 5.74) is 5.50. The summed E-state index contributed by atoms with van der Waals surface area (Å²) >= 11 is 0. The number of fused-ring (bicyclic) bond motifs is 1. The van der Waals surface area contributed by atoms with Crippen molar-refractivity contribution < 1.29 is 4.79 Å². The van der Waals surface area contributed by atoms with Crippen molar-refractivity contribution in [2.24, 2.45) is 5.92 Å². The zero-order valence-corrected chi connectivity index (χ0v) is 18.4. The average molecular weight is 425 g/mol. The van der Waals surface area contributed by atoms with E-state index < -0.39 is 0 Å². The number of pyridine rings is 1. The monoisotopic (exact) mass is 424 g/mol. The van der Waals surface area contributed by atoms with Gasteiger partial charge in [0.1, 0.15) is 11.3 Å². The van der Waals surface area contributed by atoms with Gasteiger partial charge in [-0.2, -0.15) is 0 Å². The predicted octanol–water partition coefficient (Wildman–Crippen LogP) is 5.41. The first-order chi connectivity index (χ1) is 15.7. The van der Waals surface area contributed by atoms with E-state index in [4.69, 9.17) is 4.98 Å². The molecule has 162 valence electrons. The Hall–Kier alpha value is -3.47. The van der Waals surface area contributed by atoms with Gasteiger partial charge < -0.3 is 9.47 Å². The van der Waals surface area contributed by atoms with Crippen LogP contribution in [0.25, 0.3) is 33.5 Å². The van der Waals surface area contributed by atoms with Crippen molar-refractivity contribution in [2.75, 3.05) is 13.1 Å². The molecule has 5 heteroatoms. The minimum atomic E-state index is 0.284. The van der Waals surface area contributed by atoms with Gasteiger partial charge in [-0.3, -0.25) is 9.78 Å². The maximum atomic E-state index is 12.3. The molecule has 2 aromatic heterocycles. The normalized spacial score (nSPS) is 16.0. The molecule has 1 aliphatic heterocycles. The van der Waals surface area contributed by atoms with Gasteiger partial charge >= 0.3 is 0 Å². The van der Waals surface area contributed by atoms with Crippen molar-refractivity contribution >= 4 is 16.9 Å². The molecule has 32 heavy (non-hydrogen) atoms. The van der Waals surface area contributed by atoms with E-state index >= 15 is 0 Å². The predicted molar refractivity (Wildman–Crippen MR) is 128 cm³/mol. The minimum Gasteiger partial charge on any atom is -0.342 e. The van der Waals surface area contributed by atoms with E-state index in [1.807, 2.05) is 29.4 Å². The molecule has 1 amide bonds. The Bertz CT molecular complexity index is 1210. The average Bonchev–Trinajstić information content (AvgIpc) is 3.46. The van der Waals surface area contributed by atoms with Gasteiger partial charge in [-0.1, -0.05) is 61.5 Å². The van der Waals surface area contributed by atoms with Crippen LogP contribution >= 0.6 is 0 Å². The highest BCUT2D eigenvalue weighted by atomic mass is 16.2. The first kappa shape index (κ1) is 20.4. The molecular weight excluding hydrogens is 396 g/mol. The standard InChI is InChI=1S/C27H28N4O/c1-2-6-26(32)30-16-14-20(18-30)19-31-25-13-15-28-17-24(25)29-27(31)23-11-9-22(10-12-23)21-7-4-3-5-8-21/h3-5,7-13,15,17,20H,2,6,14,16,18-19H2,1H3. The number of carbonyl (C=O) groups excluding carboxylic acids is 1. The van der Waals surface area contributed by atoms with Gasteiger partial charge in [0.2, 0.25) is 5.91 Å². The molecule has 1 unspecified atom stereocenters. The number of imidazole rings is 1. The molecule has 0 spiro atoms. The molecule has 0 aliphatic carbocycles. The summed E-state index contributed by atoms with van der Waals surface area (Å²) in [6.07, 6.45) is 6.24. The maximum absolute atomic E-state index is 12.3. The SMILES string of the molecule is CCCC(=O)N1CCC(Cn2c(-c3ccc(-c4ccccc4)cc3)nc3cnccc32)C1. The number of carbonyl (C=O) groups is 1. The first-order valence-electron chi connectivity index (χ1n) is 11.5. The summed E-state index contributed by atoms with van der Waals surface area (Å²) < 4.78 is 2.31. The first-order valence-corrected chi connectivity index (χ1v) is 11.5. The third-order valence-electron chi connectivity index (χ3n) is 6.34. The van der Waals surface area contributed by atoms with Crippen molar-refractivity contribution in [1.29, 1.82) is 0 Å². The molecule has 5 nitrogen and oxygen atoms in total. The highest BCUT2D eigenvalue weighted by Gasteiger charge is 2.27. The highest BCUT2D eigenvalue weighted by molar-refractivity contribution is 5.80. The molecule has 4 aromatic rings. The van der Waals surface area contributed by atoms with Crippen LogP contribution in [0.3, 0.4) is 0 Å². The summed E-state index contributed by atoms with van der Waals surface area (Å²) in [5, 5.41) is 0. The van der Waals surface area contributed by atoms with Gasteiger partial charge in [-0.25, -0.2) is 4.98 Å². The number of hydrogen-bond donors (Lipinski definition) is 0. The van der Waals surface area contributed by atoms with Gasteiger partial charge in [0.15, 0.2) is 0 Å². The van der Waals surface area contributed by atoms with Crippen LogP contribution in [0.4, 0.5) is 0 Å². The lowest BCUT2D eigenvalue weighted by Crippen LogP contribution is -2.28. The van der Waals surface area contributed by atoms with Gasteiger partial charge in [-0.15, -0.1) is 0 Å². The minimum absolute atomic E-state index is 0.284. The Morgan fingerprint density at radius 2 is 1.75 bits per heavy atom. The molecule has 2 aromatic carbocycles. The number of nitrogens with zero attached hydrogens (tertiary/aromatic N) is 4. The quantitative estimate of drug-likeness (QED) is 0.416. The smallest absolute Gasteiger partial charge is 0.222 e. The lowest BCUT2D eigenvalue weighted by molar-refractivity contribution is -0.130. The van der Waals surface area contributed by atoms with Gasteiger partial charge in [0.25, 0.3) is 0 Å². The molecule has 3 heterocycles. The molecule has 1 aliphatic rings. The second-order valence-electron chi connectivity index (χ2n) is 8.60. The number of hydrogen-bond acceptors (Lipinski definition) is 3. The van der Waals surface area contributed by atoms with Crippen LogP contribution < -0.4 is 0 Å². The molecule has 0 saturated carbocycles. The van der Waals surface area contributed by atoms with Crippen LogP contribution in [0.5, 0.6) is 0 Å². The molecule has 0 bridgehead atoms. The number of aromatic nitrogens is 3. The van der Waals surface area contributed by atoms with E-state index in [9.17, 15) is 4.79 Å². The number of benzene rings is 2. The van der Waals surface area contributed by atoms with Crippen LogP contribution in [0.2, 0.25) is 0 Å². The number of amides is 1. The van der Waals surface area contributed by atoms with Gasteiger partial charge in [-0.05, 0) is 36.0 Å². The second kappa shape index (κ2) is 8.95. The van der Waals surface area contributed by atoms with E-state index in [0.717, 1.165) is 54.9 Å².